The maximum Gasteiger partial charge on any atom is 0.0970 e. The Bertz CT molecular complexity index is 513. The number of nitrogens with zero attached hydrogens (tertiary/aromatic N) is 2. The number of aromatic nitrogens is 1. The molecule has 0 radical (unpaired) electrons. The highest BCUT2D eigenvalue weighted by molar-refractivity contribution is 7.18. The van der Waals surface area contributed by atoms with Crippen molar-refractivity contribution >= 4 is 21.6 Å². The minimum atomic E-state index is 0.322. The van der Waals surface area contributed by atoms with E-state index in [2.05, 4.69) is 29.2 Å². The maximum absolute atomic E-state index is 8.83. The molecule has 0 atom stereocenters. The molecule has 108 valence electrons. The van der Waals surface area contributed by atoms with E-state index in [1.54, 1.807) is 0 Å². The molecule has 2 aromatic rings. The molecular weight excluding hydrogens is 268 g/mol. The Morgan fingerprint density at radius 3 is 2.75 bits per heavy atom. The van der Waals surface area contributed by atoms with Crippen LogP contribution in [0.4, 0.5) is 0 Å². The van der Waals surface area contributed by atoms with Gasteiger partial charge < -0.3 is 10.0 Å². The van der Waals surface area contributed by atoms with Crippen molar-refractivity contribution in [3.63, 3.8) is 0 Å². The highest BCUT2D eigenvalue weighted by Crippen LogP contribution is 2.33. The minimum absolute atomic E-state index is 0.322. The predicted molar refractivity (Wildman–Crippen MR) is 84.4 cm³/mol. The summed E-state index contributed by atoms with van der Waals surface area (Å²) in [5.41, 5.74) is 1.15. The third kappa shape index (κ3) is 3.19. The van der Waals surface area contributed by atoms with Gasteiger partial charge in [0.2, 0.25) is 0 Å². The lowest BCUT2D eigenvalue weighted by molar-refractivity contribution is 0.199. The molecule has 1 aliphatic rings. The first-order valence-corrected chi connectivity index (χ1v) is 8.37. The number of likely N-dealkylation sites (tertiary alicyclic amines) is 1. The van der Waals surface area contributed by atoms with E-state index in [0.29, 0.717) is 12.5 Å². The number of para-hydroxylation sites is 1. The van der Waals surface area contributed by atoms with Crippen LogP contribution in [0.3, 0.4) is 0 Å². The zero-order valence-corrected chi connectivity index (χ0v) is 12.6. The zero-order valence-electron chi connectivity index (χ0n) is 11.8. The second kappa shape index (κ2) is 6.66. The van der Waals surface area contributed by atoms with Crippen LogP contribution in [0.2, 0.25) is 0 Å². The third-order valence-corrected chi connectivity index (χ3v) is 5.33. The van der Waals surface area contributed by atoms with Gasteiger partial charge in [-0.15, -0.1) is 11.3 Å². The van der Waals surface area contributed by atoms with Crippen molar-refractivity contribution in [1.82, 2.24) is 9.88 Å². The highest BCUT2D eigenvalue weighted by Gasteiger charge is 2.22. The van der Waals surface area contributed by atoms with Gasteiger partial charge in [-0.05, 0) is 57.5 Å². The van der Waals surface area contributed by atoms with Gasteiger partial charge in [-0.25, -0.2) is 4.98 Å². The van der Waals surface area contributed by atoms with E-state index in [1.807, 2.05) is 11.3 Å². The minimum Gasteiger partial charge on any atom is -0.396 e. The summed E-state index contributed by atoms with van der Waals surface area (Å²) in [6.07, 6.45) is 4.48. The van der Waals surface area contributed by atoms with Crippen LogP contribution in [-0.4, -0.2) is 41.2 Å². The Morgan fingerprint density at radius 2 is 2.00 bits per heavy atom. The number of thiazole rings is 1. The Kier molecular flexibility index (Phi) is 4.65. The van der Waals surface area contributed by atoms with Gasteiger partial charge in [-0.1, -0.05) is 12.1 Å². The van der Waals surface area contributed by atoms with E-state index in [0.717, 1.165) is 24.9 Å². The molecule has 0 spiro atoms. The largest absolute Gasteiger partial charge is 0.396 e. The zero-order chi connectivity index (χ0) is 13.8. The van der Waals surface area contributed by atoms with E-state index in [-0.39, 0.29) is 0 Å². The average molecular weight is 290 g/mol. The summed E-state index contributed by atoms with van der Waals surface area (Å²) >= 11 is 1.86. The number of aliphatic hydroxyl groups excluding tert-OH is 1. The van der Waals surface area contributed by atoms with Gasteiger partial charge in [-0.2, -0.15) is 0 Å². The normalized spacial score (nSPS) is 17.9. The van der Waals surface area contributed by atoms with Gasteiger partial charge in [0.15, 0.2) is 0 Å². The van der Waals surface area contributed by atoms with Crippen molar-refractivity contribution < 1.29 is 5.11 Å². The van der Waals surface area contributed by atoms with Gasteiger partial charge in [0.05, 0.1) is 15.2 Å². The standard InChI is InChI=1S/C16H22N2OS/c19-12-4-3-9-18-10-7-13(8-11-18)16-17-14-5-1-2-6-15(14)20-16/h1-2,5-6,13,19H,3-4,7-12H2. The van der Waals surface area contributed by atoms with Gasteiger partial charge in [-0.3, -0.25) is 0 Å². The summed E-state index contributed by atoms with van der Waals surface area (Å²) in [6.45, 7) is 3.80. The summed E-state index contributed by atoms with van der Waals surface area (Å²) in [5, 5.41) is 10.2. The molecule has 1 saturated heterocycles. The van der Waals surface area contributed by atoms with Crippen LogP contribution in [-0.2, 0) is 0 Å². The van der Waals surface area contributed by atoms with Crippen molar-refractivity contribution in [3.8, 4) is 0 Å². The first kappa shape index (κ1) is 14.0. The van der Waals surface area contributed by atoms with Crippen molar-refractivity contribution in [2.45, 2.75) is 31.6 Å². The topological polar surface area (TPSA) is 36.4 Å². The molecule has 1 N–H and O–H groups in total. The number of rotatable bonds is 5. The fourth-order valence-corrected chi connectivity index (χ4v) is 4.05. The molecule has 2 heterocycles. The molecule has 3 rings (SSSR count). The molecule has 20 heavy (non-hydrogen) atoms. The second-order valence-electron chi connectivity index (χ2n) is 5.57. The summed E-state index contributed by atoms with van der Waals surface area (Å²) in [6, 6.07) is 8.43. The van der Waals surface area contributed by atoms with Crippen LogP contribution in [0.1, 0.15) is 36.6 Å². The molecule has 0 unspecified atom stereocenters. The van der Waals surface area contributed by atoms with E-state index in [1.165, 1.54) is 35.6 Å². The monoisotopic (exact) mass is 290 g/mol. The first-order chi connectivity index (χ1) is 9.86. The van der Waals surface area contributed by atoms with Crippen molar-refractivity contribution in [2.75, 3.05) is 26.2 Å². The number of benzene rings is 1. The molecular formula is C16H22N2OS. The Balaban J connectivity index is 1.57. The summed E-state index contributed by atoms with van der Waals surface area (Å²) in [7, 11) is 0. The molecule has 0 saturated carbocycles. The number of fused-ring (bicyclic) bond motifs is 1. The number of hydrogen-bond acceptors (Lipinski definition) is 4. The van der Waals surface area contributed by atoms with E-state index in [4.69, 9.17) is 10.1 Å². The third-order valence-electron chi connectivity index (χ3n) is 4.13. The lowest BCUT2D eigenvalue weighted by Crippen LogP contribution is -2.33. The fraction of sp³-hybridized carbons (Fsp3) is 0.562. The highest BCUT2D eigenvalue weighted by atomic mass is 32.1. The smallest absolute Gasteiger partial charge is 0.0970 e. The first-order valence-electron chi connectivity index (χ1n) is 7.55. The van der Waals surface area contributed by atoms with Crippen molar-refractivity contribution in [3.05, 3.63) is 29.3 Å². The molecule has 1 fully saturated rings. The van der Waals surface area contributed by atoms with Crippen molar-refractivity contribution in [1.29, 1.82) is 0 Å². The average Bonchev–Trinajstić information content (AvgIpc) is 2.92. The number of piperidine rings is 1. The van der Waals surface area contributed by atoms with Crippen LogP contribution in [0.15, 0.2) is 24.3 Å². The Hall–Kier alpha value is -0.970. The van der Waals surface area contributed by atoms with Gasteiger partial charge >= 0.3 is 0 Å². The Labute approximate surface area is 124 Å². The summed E-state index contributed by atoms with van der Waals surface area (Å²) < 4.78 is 1.31. The quantitative estimate of drug-likeness (QED) is 0.859. The molecule has 0 amide bonds. The lowest BCUT2D eigenvalue weighted by Gasteiger charge is -2.30. The van der Waals surface area contributed by atoms with Crippen LogP contribution < -0.4 is 0 Å². The Morgan fingerprint density at radius 1 is 1.20 bits per heavy atom. The second-order valence-corrected chi connectivity index (χ2v) is 6.63. The molecule has 0 aliphatic carbocycles. The van der Waals surface area contributed by atoms with Gasteiger partial charge in [0.25, 0.3) is 0 Å². The lowest BCUT2D eigenvalue weighted by atomic mass is 9.97. The van der Waals surface area contributed by atoms with Crippen LogP contribution in [0.25, 0.3) is 10.2 Å². The molecule has 0 bridgehead atoms. The van der Waals surface area contributed by atoms with Crippen LogP contribution in [0, 0.1) is 0 Å². The maximum atomic E-state index is 8.83. The van der Waals surface area contributed by atoms with Gasteiger partial charge in [0.1, 0.15) is 0 Å². The molecule has 1 aliphatic heterocycles. The predicted octanol–water partition coefficient (Wildman–Crippen LogP) is 3.25. The fourth-order valence-electron chi connectivity index (χ4n) is 2.92. The number of hydrogen-bond donors (Lipinski definition) is 1. The van der Waals surface area contributed by atoms with Crippen LogP contribution >= 0.6 is 11.3 Å². The van der Waals surface area contributed by atoms with E-state index in [9.17, 15) is 0 Å². The molecule has 1 aromatic heterocycles. The summed E-state index contributed by atoms with van der Waals surface area (Å²) in [4.78, 5) is 7.33. The number of aliphatic hydroxyl groups is 1. The SMILES string of the molecule is OCCCCN1CCC(c2nc3ccccc3s2)CC1. The van der Waals surface area contributed by atoms with Crippen molar-refractivity contribution in [2.24, 2.45) is 0 Å². The molecule has 1 aromatic carbocycles. The van der Waals surface area contributed by atoms with Crippen LogP contribution in [0.5, 0.6) is 0 Å². The molecule has 3 nitrogen and oxygen atoms in total. The van der Waals surface area contributed by atoms with E-state index >= 15 is 0 Å². The number of unbranched alkanes of at least 4 members (excludes halogenated alkanes) is 1. The van der Waals surface area contributed by atoms with E-state index < -0.39 is 0 Å². The van der Waals surface area contributed by atoms with Gasteiger partial charge in [0, 0.05) is 12.5 Å². The molecule has 4 heteroatoms. The summed E-state index contributed by atoms with van der Waals surface area (Å²) in [5.74, 6) is 0.640.